The fraction of sp³-hybridized carbons (Fsp3) is 0.375. The van der Waals surface area contributed by atoms with Gasteiger partial charge in [-0.05, 0) is 77.4 Å². The molecule has 0 unspecified atom stereocenters. The van der Waals surface area contributed by atoms with Gasteiger partial charge in [-0.3, -0.25) is 14.9 Å². The molecule has 6 nitrogen and oxygen atoms in total. The molecule has 0 aromatic heterocycles. The fourth-order valence-corrected chi connectivity index (χ4v) is 3.58. The number of hydrogen-bond donors (Lipinski definition) is 3. The summed E-state index contributed by atoms with van der Waals surface area (Å²) >= 11 is 8.75. The Kier molecular flexibility index (Phi) is 10.6. The van der Waals surface area contributed by atoms with Crippen molar-refractivity contribution in [2.24, 2.45) is 0 Å². The Morgan fingerprint density at radius 3 is 2.50 bits per heavy atom. The maximum atomic E-state index is 12.6. The molecule has 0 fully saturated rings. The second-order valence-corrected chi connectivity index (χ2v) is 8.66. The topological polar surface area (TPSA) is 79.5 Å². The summed E-state index contributed by atoms with van der Waals surface area (Å²) < 4.78 is 6.50. The Labute approximate surface area is 203 Å². The summed E-state index contributed by atoms with van der Waals surface area (Å²) in [7, 11) is 0. The van der Waals surface area contributed by atoms with Crippen LogP contribution >= 0.6 is 28.1 Å². The van der Waals surface area contributed by atoms with E-state index in [1.807, 2.05) is 19.1 Å². The van der Waals surface area contributed by atoms with Crippen LogP contribution in [0.1, 0.15) is 61.9 Å². The summed E-state index contributed by atoms with van der Waals surface area (Å²) in [6, 6.07) is 10.7. The Morgan fingerprint density at radius 2 is 1.81 bits per heavy atom. The van der Waals surface area contributed by atoms with Crippen molar-refractivity contribution in [3.63, 3.8) is 0 Å². The summed E-state index contributed by atoms with van der Waals surface area (Å²) in [6.45, 7) is 6.52. The molecule has 0 aliphatic carbocycles. The summed E-state index contributed by atoms with van der Waals surface area (Å²) in [5.74, 6) is 0.310. The van der Waals surface area contributed by atoms with Crippen molar-refractivity contribution in [3.8, 4) is 5.75 Å². The van der Waals surface area contributed by atoms with Gasteiger partial charge in [-0.1, -0.05) is 39.2 Å². The molecule has 0 saturated heterocycles. The van der Waals surface area contributed by atoms with Gasteiger partial charge in [0.15, 0.2) is 5.11 Å². The second kappa shape index (κ2) is 13.2. The lowest BCUT2D eigenvalue weighted by Gasteiger charge is -2.13. The van der Waals surface area contributed by atoms with Crippen LogP contribution in [0.5, 0.6) is 5.75 Å². The first kappa shape index (κ1) is 25.8. The molecule has 0 bridgehead atoms. The first-order valence-corrected chi connectivity index (χ1v) is 12.0. The molecule has 0 aliphatic heterocycles. The van der Waals surface area contributed by atoms with Gasteiger partial charge in [-0.2, -0.15) is 0 Å². The number of rotatable bonds is 10. The summed E-state index contributed by atoms with van der Waals surface area (Å²) in [5, 5.41) is 8.68. The van der Waals surface area contributed by atoms with E-state index in [2.05, 4.69) is 38.8 Å². The molecule has 2 aromatic carbocycles. The monoisotopic (exact) mass is 519 g/mol. The van der Waals surface area contributed by atoms with E-state index in [-0.39, 0.29) is 16.9 Å². The van der Waals surface area contributed by atoms with Gasteiger partial charge in [0.25, 0.3) is 5.91 Å². The minimum atomic E-state index is -0.329. The van der Waals surface area contributed by atoms with Crippen molar-refractivity contribution in [1.29, 1.82) is 0 Å². The molecule has 3 N–H and O–H groups in total. The number of carbonyl (C=O) groups is 2. The number of benzene rings is 2. The quantitative estimate of drug-likeness (QED) is 0.257. The number of ether oxygens (including phenoxy) is 1. The average Bonchev–Trinajstić information content (AvgIpc) is 2.76. The lowest BCUT2D eigenvalue weighted by atomic mass is 10.1. The second-order valence-electron chi connectivity index (χ2n) is 7.39. The van der Waals surface area contributed by atoms with Crippen LogP contribution in [0.4, 0.5) is 11.4 Å². The van der Waals surface area contributed by atoms with Gasteiger partial charge in [-0.15, -0.1) is 0 Å². The molecule has 0 atom stereocenters. The summed E-state index contributed by atoms with van der Waals surface area (Å²) in [5.41, 5.74) is 2.76. The number of carbonyl (C=O) groups excluding carboxylic acids is 2. The number of hydrogen-bond acceptors (Lipinski definition) is 4. The minimum absolute atomic E-state index is 0.0694. The maximum Gasteiger partial charge on any atom is 0.257 e. The zero-order valence-corrected chi connectivity index (χ0v) is 21.1. The first-order chi connectivity index (χ1) is 15.3. The third-order valence-electron chi connectivity index (χ3n) is 4.77. The standard InChI is InChI=1S/C24H30BrN3O3S/c1-4-6-7-8-13-31-21-12-10-17(14-19(21)25)23(30)28-24(32)26-18-11-9-16(3)20(15-18)27-22(29)5-2/h9-12,14-15H,4-8,13H2,1-3H3,(H,27,29)(H2,26,28,30,32). The molecule has 2 aromatic rings. The molecular weight excluding hydrogens is 490 g/mol. The van der Waals surface area contributed by atoms with Crippen molar-refractivity contribution >= 4 is 56.4 Å². The van der Waals surface area contributed by atoms with Crippen LogP contribution in [-0.4, -0.2) is 23.5 Å². The SMILES string of the molecule is CCCCCCOc1ccc(C(=O)NC(=S)Nc2ccc(C)c(NC(=O)CC)c2)cc1Br. The highest BCUT2D eigenvalue weighted by molar-refractivity contribution is 9.10. The molecule has 8 heteroatoms. The lowest BCUT2D eigenvalue weighted by molar-refractivity contribution is -0.115. The van der Waals surface area contributed by atoms with E-state index in [1.54, 1.807) is 31.2 Å². The van der Waals surface area contributed by atoms with E-state index in [1.165, 1.54) is 12.8 Å². The van der Waals surface area contributed by atoms with E-state index in [9.17, 15) is 9.59 Å². The smallest absolute Gasteiger partial charge is 0.257 e. The molecule has 0 heterocycles. The molecule has 0 radical (unpaired) electrons. The molecule has 0 spiro atoms. The molecule has 32 heavy (non-hydrogen) atoms. The number of thiocarbonyl (C=S) groups is 1. The highest BCUT2D eigenvalue weighted by Crippen LogP contribution is 2.26. The highest BCUT2D eigenvalue weighted by atomic mass is 79.9. The number of unbranched alkanes of at least 4 members (excludes halogenated alkanes) is 3. The fourth-order valence-electron chi connectivity index (χ4n) is 2.88. The molecule has 0 saturated carbocycles. The van der Waals surface area contributed by atoms with E-state index < -0.39 is 0 Å². The molecule has 2 rings (SSSR count). The van der Waals surface area contributed by atoms with E-state index >= 15 is 0 Å². The van der Waals surface area contributed by atoms with Gasteiger partial charge >= 0.3 is 0 Å². The van der Waals surface area contributed by atoms with Crippen molar-refractivity contribution < 1.29 is 14.3 Å². The normalized spacial score (nSPS) is 10.4. The Bertz CT molecular complexity index is 966. The van der Waals surface area contributed by atoms with Crippen molar-refractivity contribution in [1.82, 2.24) is 5.32 Å². The molecule has 172 valence electrons. The Balaban J connectivity index is 1.93. The van der Waals surface area contributed by atoms with Crippen LogP contribution in [0.25, 0.3) is 0 Å². The minimum Gasteiger partial charge on any atom is -0.492 e. The van der Waals surface area contributed by atoms with Gasteiger partial charge in [-0.25, -0.2) is 0 Å². The van der Waals surface area contributed by atoms with E-state index in [0.29, 0.717) is 35.7 Å². The summed E-state index contributed by atoms with van der Waals surface area (Å²) in [4.78, 5) is 24.3. The number of aryl methyl sites for hydroxylation is 1. The van der Waals surface area contributed by atoms with Gasteiger partial charge in [0.1, 0.15) is 5.75 Å². The van der Waals surface area contributed by atoms with Gasteiger partial charge < -0.3 is 15.4 Å². The third kappa shape index (κ3) is 8.24. The third-order valence-corrected chi connectivity index (χ3v) is 5.59. The van der Waals surface area contributed by atoms with Crippen LogP contribution in [0.3, 0.4) is 0 Å². The van der Waals surface area contributed by atoms with E-state index in [4.69, 9.17) is 17.0 Å². The zero-order chi connectivity index (χ0) is 23.5. The van der Waals surface area contributed by atoms with Crippen LogP contribution in [0.15, 0.2) is 40.9 Å². The van der Waals surface area contributed by atoms with Crippen molar-refractivity contribution in [3.05, 3.63) is 52.0 Å². The number of amides is 2. The number of anilines is 2. The lowest BCUT2D eigenvalue weighted by Crippen LogP contribution is -2.34. The molecule has 2 amide bonds. The summed E-state index contributed by atoms with van der Waals surface area (Å²) in [6.07, 6.45) is 4.93. The predicted molar refractivity (Wildman–Crippen MR) is 138 cm³/mol. The zero-order valence-electron chi connectivity index (χ0n) is 18.7. The van der Waals surface area contributed by atoms with Crippen molar-refractivity contribution in [2.75, 3.05) is 17.2 Å². The number of nitrogens with one attached hydrogen (secondary N) is 3. The highest BCUT2D eigenvalue weighted by Gasteiger charge is 2.12. The van der Waals surface area contributed by atoms with E-state index in [0.717, 1.165) is 22.9 Å². The molecular formula is C24H30BrN3O3S. The average molecular weight is 520 g/mol. The van der Waals surface area contributed by atoms with Crippen LogP contribution < -0.4 is 20.7 Å². The largest absolute Gasteiger partial charge is 0.492 e. The van der Waals surface area contributed by atoms with Crippen LogP contribution in [0, 0.1) is 6.92 Å². The molecule has 0 aliphatic rings. The van der Waals surface area contributed by atoms with Crippen LogP contribution in [-0.2, 0) is 4.79 Å². The van der Waals surface area contributed by atoms with Crippen LogP contribution in [0.2, 0.25) is 0 Å². The van der Waals surface area contributed by atoms with Gasteiger partial charge in [0.05, 0.1) is 11.1 Å². The maximum absolute atomic E-state index is 12.6. The Morgan fingerprint density at radius 1 is 1.03 bits per heavy atom. The van der Waals surface area contributed by atoms with Gasteiger partial charge in [0, 0.05) is 23.4 Å². The number of halogens is 1. The van der Waals surface area contributed by atoms with Gasteiger partial charge in [0.2, 0.25) is 5.91 Å². The first-order valence-electron chi connectivity index (χ1n) is 10.8. The van der Waals surface area contributed by atoms with Crippen molar-refractivity contribution in [2.45, 2.75) is 52.9 Å². The Hall–Kier alpha value is -2.45. The predicted octanol–water partition coefficient (Wildman–Crippen LogP) is 6.19.